The van der Waals surface area contributed by atoms with Gasteiger partial charge in [-0.3, -0.25) is 9.59 Å². The van der Waals surface area contributed by atoms with Crippen LogP contribution in [0.2, 0.25) is 5.02 Å². The van der Waals surface area contributed by atoms with E-state index in [4.69, 9.17) is 16.3 Å². The molecule has 0 radical (unpaired) electrons. The van der Waals surface area contributed by atoms with E-state index in [1.54, 1.807) is 6.92 Å². The van der Waals surface area contributed by atoms with Crippen molar-refractivity contribution < 1.29 is 14.3 Å². The van der Waals surface area contributed by atoms with Crippen molar-refractivity contribution in [2.75, 3.05) is 6.61 Å². The molecule has 4 nitrogen and oxygen atoms in total. The monoisotopic (exact) mass is 215 g/mol. The van der Waals surface area contributed by atoms with Gasteiger partial charge in [0.1, 0.15) is 6.54 Å². The summed E-state index contributed by atoms with van der Waals surface area (Å²) in [5.41, 5.74) is 0.364. The van der Waals surface area contributed by atoms with E-state index in [2.05, 4.69) is 0 Å². The van der Waals surface area contributed by atoms with Crippen molar-refractivity contribution >= 4 is 23.9 Å². The summed E-state index contributed by atoms with van der Waals surface area (Å²) in [5.74, 6) is -0.386. The van der Waals surface area contributed by atoms with Crippen molar-refractivity contribution in [2.24, 2.45) is 0 Å². The minimum atomic E-state index is -0.386. The topological polar surface area (TPSA) is 48.3 Å². The van der Waals surface area contributed by atoms with Crippen molar-refractivity contribution in [3.8, 4) is 0 Å². The summed E-state index contributed by atoms with van der Waals surface area (Å²) in [4.78, 5) is 21.6. The third-order valence-corrected chi connectivity index (χ3v) is 1.83. The number of hydrogen-bond acceptors (Lipinski definition) is 3. The fourth-order valence-corrected chi connectivity index (χ4v) is 1.30. The van der Waals surface area contributed by atoms with Crippen LogP contribution in [-0.4, -0.2) is 23.4 Å². The molecule has 0 unspecified atom stereocenters. The maximum atomic E-state index is 11.1. The lowest BCUT2D eigenvalue weighted by Crippen LogP contribution is -2.14. The highest BCUT2D eigenvalue weighted by molar-refractivity contribution is 6.30. The first-order valence-corrected chi connectivity index (χ1v) is 4.51. The molecule has 0 fully saturated rings. The summed E-state index contributed by atoms with van der Waals surface area (Å²) in [6, 6.07) is 1.49. The largest absolute Gasteiger partial charge is 0.465 e. The fourth-order valence-electron chi connectivity index (χ4n) is 1.07. The Morgan fingerprint density at radius 3 is 3.00 bits per heavy atom. The highest BCUT2D eigenvalue weighted by Gasteiger charge is 2.08. The second kappa shape index (κ2) is 4.81. The molecule has 0 saturated heterocycles. The molecule has 0 aliphatic rings. The van der Waals surface area contributed by atoms with Crippen molar-refractivity contribution in [1.82, 2.24) is 4.57 Å². The number of halogens is 1. The van der Waals surface area contributed by atoms with Crippen molar-refractivity contribution in [2.45, 2.75) is 13.5 Å². The van der Waals surface area contributed by atoms with Crippen molar-refractivity contribution in [3.05, 3.63) is 23.0 Å². The van der Waals surface area contributed by atoms with E-state index < -0.39 is 0 Å². The molecule has 0 aliphatic carbocycles. The summed E-state index contributed by atoms with van der Waals surface area (Å²) in [5, 5.41) is 0.427. The molecule has 1 heterocycles. The Bertz CT molecular complexity index is 346. The third kappa shape index (κ3) is 2.60. The molecule has 1 rings (SSSR count). The lowest BCUT2D eigenvalue weighted by Gasteiger charge is -2.03. The summed E-state index contributed by atoms with van der Waals surface area (Å²) in [6.07, 6.45) is 2.16. The number of carbonyl (C=O) groups is 2. The maximum Gasteiger partial charge on any atom is 0.325 e. The Balaban J connectivity index is 2.74. The zero-order valence-electron chi connectivity index (χ0n) is 7.70. The average Bonchev–Trinajstić information content (AvgIpc) is 2.46. The smallest absolute Gasteiger partial charge is 0.325 e. The van der Waals surface area contributed by atoms with Gasteiger partial charge in [0.05, 0.1) is 17.3 Å². The maximum absolute atomic E-state index is 11.1. The lowest BCUT2D eigenvalue weighted by atomic mass is 10.4. The van der Waals surface area contributed by atoms with E-state index in [1.165, 1.54) is 16.8 Å². The van der Waals surface area contributed by atoms with E-state index in [9.17, 15) is 9.59 Å². The number of ether oxygens (including phenoxy) is 1. The molecule has 76 valence electrons. The van der Waals surface area contributed by atoms with Crippen LogP contribution in [0.4, 0.5) is 0 Å². The summed E-state index contributed by atoms with van der Waals surface area (Å²) < 4.78 is 6.19. The van der Waals surface area contributed by atoms with Crippen LogP contribution in [0.15, 0.2) is 12.3 Å². The fraction of sp³-hybridized carbons (Fsp3) is 0.333. The van der Waals surface area contributed by atoms with Gasteiger partial charge in [-0.1, -0.05) is 11.6 Å². The van der Waals surface area contributed by atoms with Crippen LogP contribution in [0, 0.1) is 0 Å². The van der Waals surface area contributed by atoms with Gasteiger partial charge >= 0.3 is 5.97 Å². The molecule has 14 heavy (non-hydrogen) atoms. The van der Waals surface area contributed by atoms with Crippen LogP contribution in [0.25, 0.3) is 0 Å². The van der Waals surface area contributed by atoms with Crippen molar-refractivity contribution in [3.63, 3.8) is 0 Å². The predicted octanol–water partition coefficient (Wildman–Crippen LogP) is 1.52. The highest BCUT2D eigenvalue weighted by atomic mass is 35.5. The van der Waals surface area contributed by atoms with Crippen LogP contribution in [0.5, 0.6) is 0 Å². The van der Waals surface area contributed by atoms with Gasteiger partial charge in [0.2, 0.25) is 0 Å². The normalized spacial score (nSPS) is 9.86. The third-order valence-electron chi connectivity index (χ3n) is 1.62. The molecule has 0 atom stereocenters. The molecule has 0 amide bonds. The van der Waals surface area contributed by atoms with Gasteiger partial charge in [0.25, 0.3) is 0 Å². The first-order chi connectivity index (χ1) is 6.67. The number of nitrogens with zero attached hydrogens (tertiary/aromatic N) is 1. The van der Waals surface area contributed by atoms with Crippen molar-refractivity contribution in [1.29, 1.82) is 0 Å². The molecule has 5 heteroatoms. The molecular weight excluding hydrogens is 206 g/mol. The Kier molecular flexibility index (Phi) is 3.71. The number of hydrogen-bond donors (Lipinski definition) is 0. The second-order valence-corrected chi connectivity index (χ2v) is 3.07. The number of aromatic nitrogens is 1. The average molecular weight is 216 g/mol. The van der Waals surface area contributed by atoms with Gasteiger partial charge in [-0.2, -0.15) is 0 Å². The Morgan fingerprint density at radius 1 is 1.71 bits per heavy atom. The molecule has 1 aromatic heterocycles. The van der Waals surface area contributed by atoms with Crippen LogP contribution >= 0.6 is 11.6 Å². The second-order valence-electron chi connectivity index (χ2n) is 2.63. The summed E-state index contributed by atoms with van der Waals surface area (Å²) >= 11 is 5.67. The van der Waals surface area contributed by atoms with Gasteiger partial charge in [-0.05, 0) is 13.0 Å². The Morgan fingerprint density at radius 2 is 2.43 bits per heavy atom. The molecule has 0 bridgehead atoms. The van der Waals surface area contributed by atoms with E-state index in [1.807, 2.05) is 0 Å². The minimum Gasteiger partial charge on any atom is -0.465 e. The molecule has 0 saturated carbocycles. The van der Waals surface area contributed by atoms with E-state index in [-0.39, 0.29) is 12.5 Å². The highest BCUT2D eigenvalue weighted by Crippen LogP contribution is 2.12. The predicted molar refractivity (Wildman–Crippen MR) is 51.5 cm³/mol. The van der Waals surface area contributed by atoms with Gasteiger partial charge in [-0.25, -0.2) is 0 Å². The van der Waals surface area contributed by atoms with Gasteiger partial charge in [0.15, 0.2) is 6.29 Å². The zero-order valence-corrected chi connectivity index (χ0v) is 8.45. The van der Waals surface area contributed by atoms with E-state index in [0.717, 1.165) is 0 Å². The van der Waals surface area contributed by atoms with Gasteiger partial charge < -0.3 is 9.30 Å². The zero-order chi connectivity index (χ0) is 10.6. The summed E-state index contributed by atoms with van der Waals surface area (Å²) in [7, 11) is 0. The number of rotatable bonds is 4. The number of aldehydes is 1. The van der Waals surface area contributed by atoms with Crippen LogP contribution in [-0.2, 0) is 16.1 Å². The number of carbonyl (C=O) groups excluding carboxylic acids is 2. The van der Waals surface area contributed by atoms with Crippen LogP contribution in [0.1, 0.15) is 17.4 Å². The first kappa shape index (κ1) is 10.8. The Hall–Kier alpha value is -1.29. The molecule has 0 aromatic carbocycles. The molecular formula is C9H10ClNO3. The van der Waals surface area contributed by atoms with Crippen LogP contribution < -0.4 is 0 Å². The minimum absolute atomic E-state index is 0.00856. The Labute approximate surface area is 86.4 Å². The SMILES string of the molecule is CCOC(=O)Cn1cc(Cl)cc1C=O. The standard InChI is InChI=1S/C9H10ClNO3/c1-2-14-9(13)5-11-4-7(10)3-8(11)6-12/h3-4,6H,2,5H2,1H3. The van der Waals surface area contributed by atoms with E-state index >= 15 is 0 Å². The molecule has 0 spiro atoms. The first-order valence-electron chi connectivity index (χ1n) is 4.14. The number of esters is 1. The lowest BCUT2D eigenvalue weighted by molar-refractivity contribution is -0.143. The molecule has 0 aliphatic heterocycles. The van der Waals surface area contributed by atoms with Crippen LogP contribution in [0.3, 0.4) is 0 Å². The van der Waals surface area contributed by atoms with E-state index in [0.29, 0.717) is 23.6 Å². The van der Waals surface area contributed by atoms with Gasteiger partial charge in [0, 0.05) is 6.20 Å². The summed E-state index contributed by atoms with van der Waals surface area (Å²) in [6.45, 7) is 2.06. The quantitative estimate of drug-likeness (QED) is 0.565. The molecule has 1 aromatic rings. The van der Waals surface area contributed by atoms with Gasteiger partial charge in [-0.15, -0.1) is 0 Å². The molecule has 0 N–H and O–H groups in total.